The van der Waals surface area contributed by atoms with Gasteiger partial charge in [0.2, 0.25) is 0 Å². The molecule has 0 spiro atoms. The van der Waals surface area contributed by atoms with E-state index in [0.29, 0.717) is 12.5 Å². The third kappa shape index (κ3) is 4.50. The van der Waals surface area contributed by atoms with Crippen LogP contribution in [0.4, 0.5) is 0 Å². The average Bonchev–Trinajstić information content (AvgIpc) is 2.43. The van der Waals surface area contributed by atoms with Gasteiger partial charge in [0.15, 0.2) is 0 Å². The first kappa shape index (κ1) is 15.3. The van der Waals surface area contributed by atoms with Gasteiger partial charge in [0, 0.05) is 19.7 Å². The van der Waals surface area contributed by atoms with Gasteiger partial charge in [0.1, 0.15) is 12.4 Å². The van der Waals surface area contributed by atoms with Gasteiger partial charge in [-0.3, -0.25) is 4.90 Å². The summed E-state index contributed by atoms with van der Waals surface area (Å²) in [5, 5.41) is 9.04. The van der Waals surface area contributed by atoms with Crippen molar-refractivity contribution in [1.29, 1.82) is 0 Å². The zero-order chi connectivity index (χ0) is 14.4. The highest BCUT2D eigenvalue weighted by Crippen LogP contribution is 2.21. The first-order valence-corrected chi connectivity index (χ1v) is 7.72. The molecule has 1 atom stereocenters. The third-order valence-corrected chi connectivity index (χ3v) is 4.15. The van der Waals surface area contributed by atoms with Gasteiger partial charge in [-0.25, -0.2) is 0 Å². The lowest BCUT2D eigenvalue weighted by molar-refractivity contribution is 0.129. The molecule has 1 aliphatic rings. The van der Waals surface area contributed by atoms with Crippen LogP contribution in [0, 0.1) is 19.8 Å². The number of likely N-dealkylation sites (tertiary alicyclic amines) is 1. The Kier molecular flexibility index (Phi) is 5.86. The molecule has 3 heteroatoms. The van der Waals surface area contributed by atoms with E-state index in [-0.39, 0.29) is 0 Å². The topological polar surface area (TPSA) is 32.7 Å². The van der Waals surface area contributed by atoms with E-state index in [0.717, 1.165) is 38.4 Å². The lowest BCUT2D eigenvalue weighted by Crippen LogP contribution is -2.38. The molecule has 1 fully saturated rings. The molecule has 1 aliphatic heterocycles. The average molecular weight is 277 g/mol. The second-order valence-electron chi connectivity index (χ2n) is 5.94. The van der Waals surface area contributed by atoms with Crippen LogP contribution in [0.15, 0.2) is 18.2 Å². The second kappa shape index (κ2) is 7.65. The largest absolute Gasteiger partial charge is 0.492 e. The van der Waals surface area contributed by atoms with E-state index in [1.54, 1.807) is 0 Å². The van der Waals surface area contributed by atoms with Crippen molar-refractivity contribution < 1.29 is 9.84 Å². The number of benzene rings is 1. The number of nitrogens with zero attached hydrogens (tertiary/aromatic N) is 1. The smallest absolute Gasteiger partial charge is 0.122 e. The molecule has 0 saturated carbocycles. The van der Waals surface area contributed by atoms with E-state index in [1.807, 2.05) is 0 Å². The Hall–Kier alpha value is -1.06. The molecule has 1 unspecified atom stereocenters. The highest BCUT2D eigenvalue weighted by atomic mass is 16.5. The molecule has 1 aromatic carbocycles. The van der Waals surface area contributed by atoms with Crippen LogP contribution in [0.5, 0.6) is 5.75 Å². The molecule has 0 radical (unpaired) electrons. The van der Waals surface area contributed by atoms with Crippen LogP contribution in [-0.2, 0) is 0 Å². The summed E-state index contributed by atoms with van der Waals surface area (Å²) in [5.74, 6) is 1.67. The monoisotopic (exact) mass is 277 g/mol. The van der Waals surface area contributed by atoms with Gasteiger partial charge >= 0.3 is 0 Å². The minimum atomic E-state index is 0.317. The minimum absolute atomic E-state index is 0.317. The minimum Gasteiger partial charge on any atom is -0.492 e. The van der Waals surface area contributed by atoms with Gasteiger partial charge in [-0.15, -0.1) is 0 Å². The Morgan fingerprint density at radius 2 is 2.20 bits per heavy atom. The molecule has 2 rings (SSSR count). The molecule has 0 aliphatic carbocycles. The summed E-state index contributed by atoms with van der Waals surface area (Å²) in [6, 6.07) is 6.34. The first-order valence-electron chi connectivity index (χ1n) is 7.72. The van der Waals surface area contributed by atoms with Crippen LogP contribution in [-0.4, -0.2) is 42.9 Å². The van der Waals surface area contributed by atoms with Crippen molar-refractivity contribution >= 4 is 0 Å². The van der Waals surface area contributed by atoms with E-state index in [1.165, 1.54) is 24.0 Å². The van der Waals surface area contributed by atoms with Gasteiger partial charge < -0.3 is 9.84 Å². The van der Waals surface area contributed by atoms with Crippen molar-refractivity contribution in [3.63, 3.8) is 0 Å². The van der Waals surface area contributed by atoms with Crippen molar-refractivity contribution in [3.05, 3.63) is 29.3 Å². The maximum absolute atomic E-state index is 9.04. The highest BCUT2D eigenvalue weighted by molar-refractivity contribution is 5.35. The van der Waals surface area contributed by atoms with Gasteiger partial charge in [-0.1, -0.05) is 12.1 Å². The summed E-state index contributed by atoms with van der Waals surface area (Å²) in [6.07, 6.45) is 3.44. The molecule has 0 amide bonds. The molecule has 112 valence electrons. The Labute approximate surface area is 122 Å². The Bertz CT molecular complexity index is 417. The fraction of sp³-hybridized carbons (Fsp3) is 0.647. The summed E-state index contributed by atoms with van der Waals surface area (Å²) >= 11 is 0. The zero-order valence-corrected chi connectivity index (χ0v) is 12.8. The van der Waals surface area contributed by atoms with Gasteiger partial charge in [0.25, 0.3) is 0 Å². The van der Waals surface area contributed by atoms with E-state index < -0.39 is 0 Å². The maximum atomic E-state index is 9.04. The highest BCUT2D eigenvalue weighted by Gasteiger charge is 2.19. The predicted octanol–water partition coefficient (Wildman–Crippen LogP) is 2.78. The number of rotatable bonds is 6. The summed E-state index contributed by atoms with van der Waals surface area (Å²) in [5.41, 5.74) is 2.44. The number of hydrogen-bond acceptors (Lipinski definition) is 3. The molecular formula is C17H27NO2. The number of aliphatic hydroxyl groups excluding tert-OH is 1. The van der Waals surface area contributed by atoms with Crippen molar-refractivity contribution in [3.8, 4) is 5.75 Å². The summed E-state index contributed by atoms with van der Waals surface area (Å²) < 4.78 is 5.92. The molecule has 20 heavy (non-hydrogen) atoms. The quantitative estimate of drug-likeness (QED) is 0.868. The van der Waals surface area contributed by atoms with Crippen LogP contribution >= 0.6 is 0 Å². The van der Waals surface area contributed by atoms with Crippen molar-refractivity contribution in [2.24, 2.45) is 5.92 Å². The molecule has 0 aromatic heterocycles. The van der Waals surface area contributed by atoms with Crippen LogP contribution < -0.4 is 4.74 Å². The summed E-state index contributed by atoms with van der Waals surface area (Å²) in [6.45, 7) is 8.50. The number of hydrogen-bond donors (Lipinski definition) is 1. The SMILES string of the molecule is Cc1ccc(C)c(OCCN2CCCC(CCO)C2)c1. The summed E-state index contributed by atoms with van der Waals surface area (Å²) in [7, 11) is 0. The second-order valence-corrected chi connectivity index (χ2v) is 5.94. The van der Waals surface area contributed by atoms with Crippen molar-refractivity contribution in [2.75, 3.05) is 32.8 Å². The van der Waals surface area contributed by atoms with Crippen molar-refractivity contribution in [2.45, 2.75) is 33.1 Å². The van der Waals surface area contributed by atoms with E-state index >= 15 is 0 Å². The van der Waals surface area contributed by atoms with Crippen LogP contribution in [0.1, 0.15) is 30.4 Å². The zero-order valence-electron chi connectivity index (χ0n) is 12.8. The first-order chi connectivity index (χ1) is 9.69. The standard InChI is InChI=1S/C17H27NO2/c1-14-5-6-15(2)17(12-14)20-11-9-18-8-3-4-16(13-18)7-10-19/h5-6,12,16,19H,3-4,7-11,13H2,1-2H3. The number of aliphatic hydroxyl groups is 1. The predicted molar refractivity (Wildman–Crippen MR) is 82.3 cm³/mol. The lowest BCUT2D eigenvalue weighted by atomic mass is 9.95. The third-order valence-electron chi connectivity index (χ3n) is 4.15. The Morgan fingerprint density at radius 1 is 1.35 bits per heavy atom. The molecule has 1 saturated heterocycles. The number of piperidine rings is 1. The van der Waals surface area contributed by atoms with Gasteiger partial charge in [-0.05, 0) is 62.8 Å². The van der Waals surface area contributed by atoms with Gasteiger partial charge in [-0.2, -0.15) is 0 Å². The Balaban J connectivity index is 1.76. The fourth-order valence-corrected chi connectivity index (χ4v) is 2.92. The van der Waals surface area contributed by atoms with E-state index in [2.05, 4.69) is 36.9 Å². The van der Waals surface area contributed by atoms with Crippen LogP contribution in [0.25, 0.3) is 0 Å². The molecule has 1 aromatic rings. The van der Waals surface area contributed by atoms with Gasteiger partial charge in [0.05, 0.1) is 0 Å². The summed E-state index contributed by atoms with van der Waals surface area (Å²) in [4.78, 5) is 2.47. The fourth-order valence-electron chi connectivity index (χ4n) is 2.92. The van der Waals surface area contributed by atoms with E-state index in [9.17, 15) is 0 Å². The van der Waals surface area contributed by atoms with Crippen LogP contribution in [0.3, 0.4) is 0 Å². The Morgan fingerprint density at radius 3 is 3.00 bits per heavy atom. The molecular weight excluding hydrogens is 250 g/mol. The van der Waals surface area contributed by atoms with E-state index in [4.69, 9.17) is 9.84 Å². The lowest BCUT2D eigenvalue weighted by Gasteiger charge is -2.32. The van der Waals surface area contributed by atoms with Crippen molar-refractivity contribution in [1.82, 2.24) is 4.90 Å². The number of ether oxygens (including phenoxy) is 1. The molecule has 0 bridgehead atoms. The molecule has 1 N–H and O–H groups in total. The molecule has 1 heterocycles. The number of aryl methyl sites for hydroxylation is 2. The normalized spacial score (nSPS) is 20.1. The van der Waals surface area contributed by atoms with Crippen LogP contribution in [0.2, 0.25) is 0 Å². The maximum Gasteiger partial charge on any atom is 0.122 e. The molecule has 3 nitrogen and oxygen atoms in total.